The number of thiophene rings is 1. The number of hydrogen-bond acceptors (Lipinski definition) is 3. The van der Waals surface area contributed by atoms with E-state index in [1.807, 2.05) is 0 Å². The molecule has 0 aromatic carbocycles. The zero-order chi connectivity index (χ0) is 11.5. The van der Waals surface area contributed by atoms with Gasteiger partial charge < -0.3 is 5.32 Å². The minimum atomic E-state index is 0.736. The summed E-state index contributed by atoms with van der Waals surface area (Å²) in [5, 5.41) is 10.2. The van der Waals surface area contributed by atoms with Crippen LogP contribution in [0.1, 0.15) is 12.8 Å². The number of nitrogens with one attached hydrogen (secondary N) is 1. The summed E-state index contributed by atoms with van der Waals surface area (Å²) in [7, 11) is 0. The van der Waals surface area contributed by atoms with E-state index in [0.29, 0.717) is 0 Å². The van der Waals surface area contributed by atoms with Crippen LogP contribution in [0.5, 0.6) is 0 Å². The van der Waals surface area contributed by atoms with E-state index in [-0.39, 0.29) is 0 Å². The summed E-state index contributed by atoms with van der Waals surface area (Å²) >= 11 is 1.75. The fourth-order valence-corrected chi connectivity index (χ4v) is 3.05. The standard InChI is InChI=1S/C13H17N3S/c1-3-11(9-14-6-1)10-16-7-5-12(15-16)13-4-2-8-17-13/h2,4-5,7-8,11,14H,1,3,6,9-10H2. The van der Waals surface area contributed by atoms with Crippen molar-refractivity contribution in [2.45, 2.75) is 19.4 Å². The Labute approximate surface area is 105 Å². The third kappa shape index (κ3) is 2.58. The van der Waals surface area contributed by atoms with Crippen LogP contribution >= 0.6 is 11.3 Å². The number of hydrogen-bond donors (Lipinski definition) is 1. The minimum absolute atomic E-state index is 0.736. The van der Waals surface area contributed by atoms with Crippen LogP contribution in [0.3, 0.4) is 0 Å². The van der Waals surface area contributed by atoms with Crippen LogP contribution in [-0.2, 0) is 6.54 Å². The average Bonchev–Trinajstić information content (AvgIpc) is 3.00. The Bertz CT molecular complexity index is 455. The maximum atomic E-state index is 4.65. The lowest BCUT2D eigenvalue weighted by Crippen LogP contribution is -2.32. The van der Waals surface area contributed by atoms with Gasteiger partial charge >= 0.3 is 0 Å². The lowest BCUT2D eigenvalue weighted by atomic mass is 10.00. The fourth-order valence-electron chi connectivity index (χ4n) is 2.36. The van der Waals surface area contributed by atoms with Gasteiger partial charge in [-0.15, -0.1) is 11.3 Å². The van der Waals surface area contributed by atoms with E-state index in [9.17, 15) is 0 Å². The number of rotatable bonds is 3. The first-order chi connectivity index (χ1) is 8.42. The van der Waals surface area contributed by atoms with Gasteiger partial charge in [0.05, 0.1) is 4.88 Å². The molecule has 1 atom stereocenters. The van der Waals surface area contributed by atoms with E-state index >= 15 is 0 Å². The SMILES string of the molecule is c1csc(-c2ccn(CC3CCCNC3)n2)c1. The lowest BCUT2D eigenvalue weighted by molar-refractivity contribution is 0.325. The number of aromatic nitrogens is 2. The summed E-state index contributed by atoms with van der Waals surface area (Å²) in [5.74, 6) is 0.736. The summed E-state index contributed by atoms with van der Waals surface area (Å²) in [5.41, 5.74) is 1.10. The Kier molecular flexibility index (Phi) is 3.25. The van der Waals surface area contributed by atoms with Crippen molar-refractivity contribution in [3.63, 3.8) is 0 Å². The molecule has 3 rings (SSSR count). The summed E-state index contributed by atoms with van der Waals surface area (Å²) in [6, 6.07) is 6.31. The molecule has 0 saturated carbocycles. The second kappa shape index (κ2) is 5.02. The fraction of sp³-hybridized carbons (Fsp3) is 0.462. The molecule has 1 aliphatic heterocycles. The summed E-state index contributed by atoms with van der Waals surface area (Å²) in [6.45, 7) is 3.35. The zero-order valence-electron chi connectivity index (χ0n) is 9.80. The summed E-state index contributed by atoms with van der Waals surface area (Å²) in [6.07, 6.45) is 4.72. The average molecular weight is 247 g/mol. The van der Waals surface area contributed by atoms with Crippen LogP contribution in [0.4, 0.5) is 0 Å². The first-order valence-electron chi connectivity index (χ1n) is 6.20. The molecule has 1 saturated heterocycles. The van der Waals surface area contributed by atoms with Gasteiger partial charge in [0.15, 0.2) is 0 Å². The van der Waals surface area contributed by atoms with Crippen LogP contribution in [0.15, 0.2) is 29.8 Å². The third-order valence-corrected chi connectivity index (χ3v) is 4.15. The topological polar surface area (TPSA) is 29.9 Å². The van der Waals surface area contributed by atoms with E-state index in [4.69, 9.17) is 0 Å². The second-order valence-electron chi connectivity index (χ2n) is 4.61. The molecule has 0 aliphatic carbocycles. The second-order valence-corrected chi connectivity index (χ2v) is 5.56. The van der Waals surface area contributed by atoms with E-state index in [2.05, 4.69) is 44.9 Å². The van der Waals surface area contributed by atoms with Gasteiger partial charge in [0.25, 0.3) is 0 Å². The van der Waals surface area contributed by atoms with Crippen molar-refractivity contribution in [1.29, 1.82) is 0 Å². The zero-order valence-corrected chi connectivity index (χ0v) is 10.6. The van der Waals surface area contributed by atoms with Crippen LogP contribution < -0.4 is 5.32 Å². The number of piperidine rings is 1. The Morgan fingerprint density at radius 2 is 2.47 bits per heavy atom. The highest BCUT2D eigenvalue weighted by Crippen LogP contribution is 2.22. The molecule has 2 aromatic rings. The van der Waals surface area contributed by atoms with Crippen LogP contribution in [0, 0.1) is 5.92 Å². The Morgan fingerprint density at radius 1 is 1.47 bits per heavy atom. The first-order valence-corrected chi connectivity index (χ1v) is 7.08. The van der Waals surface area contributed by atoms with Gasteiger partial charge in [-0.3, -0.25) is 4.68 Å². The molecule has 0 amide bonds. The highest BCUT2D eigenvalue weighted by atomic mass is 32.1. The van der Waals surface area contributed by atoms with Gasteiger partial charge in [0.1, 0.15) is 5.69 Å². The van der Waals surface area contributed by atoms with Crippen molar-refractivity contribution in [2.24, 2.45) is 5.92 Å². The largest absolute Gasteiger partial charge is 0.316 e. The Morgan fingerprint density at radius 3 is 3.24 bits per heavy atom. The molecule has 1 N–H and O–H groups in total. The van der Waals surface area contributed by atoms with E-state index in [0.717, 1.165) is 24.7 Å². The molecule has 3 heterocycles. The molecule has 90 valence electrons. The molecule has 0 spiro atoms. The monoisotopic (exact) mass is 247 g/mol. The smallest absolute Gasteiger partial charge is 0.102 e. The molecule has 17 heavy (non-hydrogen) atoms. The Balaban J connectivity index is 1.68. The van der Waals surface area contributed by atoms with E-state index in [1.54, 1.807) is 11.3 Å². The predicted molar refractivity (Wildman–Crippen MR) is 71.1 cm³/mol. The van der Waals surface area contributed by atoms with Crippen molar-refractivity contribution >= 4 is 11.3 Å². The molecular formula is C13H17N3S. The van der Waals surface area contributed by atoms with Gasteiger partial charge in [-0.05, 0) is 49.4 Å². The van der Waals surface area contributed by atoms with E-state index in [1.165, 1.54) is 24.3 Å². The van der Waals surface area contributed by atoms with Crippen LogP contribution in [0.25, 0.3) is 10.6 Å². The molecule has 1 fully saturated rings. The predicted octanol–water partition coefficient (Wildman–Crippen LogP) is 2.61. The third-order valence-electron chi connectivity index (χ3n) is 3.26. The van der Waals surface area contributed by atoms with Gasteiger partial charge in [-0.25, -0.2) is 0 Å². The van der Waals surface area contributed by atoms with E-state index < -0.39 is 0 Å². The minimum Gasteiger partial charge on any atom is -0.316 e. The molecular weight excluding hydrogens is 230 g/mol. The summed E-state index contributed by atoms with van der Waals surface area (Å²) in [4.78, 5) is 1.26. The van der Waals surface area contributed by atoms with Gasteiger partial charge in [0, 0.05) is 12.7 Å². The van der Waals surface area contributed by atoms with Crippen molar-refractivity contribution in [2.75, 3.05) is 13.1 Å². The maximum absolute atomic E-state index is 4.65. The van der Waals surface area contributed by atoms with Crippen molar-refractivity contribution in [3.05, 3.63) is 29.8 Å². The maximum Gasteiger partial charge on any atom is 0.102 e. The van der Waals surface area contributed by atoms with Gasteiger partial charge in [-0.1, -0.05) is 6.07 Å². The van der Waals surface area contributed by atoms with Gasteiger partial charge in [0.2, 0.25) is 0 Å². The van der Waals surface area contributed by atoms with Gasteiger partial charge in [-0.2, -0.15) is 5.10 Å². The molecule has 2 aromatic heterocycles. The quantitative estimate of drug-likeness (QED) is 0.903. The highest BCUT2D eigenvalue weighted by molar-refractivity contribution is 7.13. The molecule has 3 nitrogen and oxygen atoms in total. The van der Waals surface area contributed by atoms with Crippen molar-refractivity contribution in [1.82, 2.24) is 15.1 Å². The highest BCUT2D eigenvalue weighted by Gasteiger charge is 2.14. The molecule has 1 unspecified atom stereocenters. The number of nitrogens with zero attached hydrogens (tertiary/aromatic N) is 2. The first kappa shape index (κ1) is 11.0. The lowest BCUT2D eigenvalue weighted by Gasteiger charge is -2.22. The van der Waals surface area contributed by atoms with Crippen molar-refractivity contribution in [3.8, 4) is 10.6 Å². The summed E-state index contributed by atoms with van der Waals surface area (Å²) < 4.78 is 2.09. The Hall–Kier alpha value is -1.13. The molecule has 4 heteroatoms. The van der Waals surface area contributed by atoms with Crippen molar-refractivity contribution < 1.29 is 0 Å². The molecule has 0 bridgehead atoms. The van der Waals surface area contributed by atoms with Crippen LogP contribution in [-0.4, -0.2) is 22.9 Å². The molecule has 0 radical (unpaired) electrons. The molecule has 1 aliphatic rings. The van der Waals surface area contributed by atoms with Crippen LogP contribution in [0.2, 0.25) is 0 Å². The normalized spacial score (nSPS) is 20.6.